The number of carbonyl (C=O) groups excluding carboxylic acids is 1. The lowest BCUT2D eigenvalue weighted by Crippen LogP contribution is -2.31. The highest BCUT2D eigenvalue weighted by Crippen LogP contribution is 2.27. The lowest BCUT2D eigenvalue weighted by Gasteiger charge is -2.11. The molecule has 0 aliphatic rings. The second-order valence-corrected chi connectivity index (χ2v) is 5.39. The summed E-state index contributed by atoms with van der Waals surface area (Å²) in [6.07, 6.45) is 0. The van der Waals surface area contributed by atoms with Crippen molar-refractivity contribution in [2.45, 2.75) is 6.92 Å². The summed E-state index contributed by atoms with van der Waals surface area (Å²) in [5.41, 5.74) is 0.501. The molecule has 0 saturated carbocycles. The fraction of sp³-hybridized carbons (Fsp3) is 0.200. The van der Waals surface area contributed by atoms with Gasteiger partial charge >= 0.3 is 5.97 Å². The summed E-state index contributed by atoms with van der Waals surface area (Å²) in [6.45, 7) is 1.66. The van der Waals surface area contributed by atoms with E-state index in [0.29, 0.717) is 5.56 Å². The van der Waals surface area contributed by atoms with Crippen LogP contribution >= 0.6 is 15.9 Å². The normalized spacial score (nSPS) is 12.1. The van der Waals surface area contributed by atoms with E-state index in [1.165, 1.54) is 0 Å². The maximum atomic E-state index is 12.1. The molecule has 0 aromatic heterocycles. The van der Waals surface area contributed by atoms with Crippen molar-refractivity contribution in [1.29, 1.82) is 0 Å². The van der Waals surface area contributed by atoms with Crippen LogP contribution in [-0.2, 0) is 4.79 Å². The van der Waals surface area contributed by atoms with Crippen LogP contribution in [0.3, 0.4) is 0 Å². The van der Waals surface area contributed by atoms with Gasteiger partial charge in [0.2, 0.25) is 0 Å². The molecule has 0 heterocycles. The first-order chi connectivity index (χ1) is 9.50. The summed E-state index contributed by atoms with van der Waals surface area (Å²) in [5.74, 6) is -1.82. The van der Waals surface area contributed by atoms with Gasteiger partial charge in [-0.1, -0.05) is 37.3 Å². The van der Waals surface area contributed by atoms with Gasteiger partial charge in [0, 0.05) is 11.0 Å². The first kappa shape index (κ1) is 14.5. The Morgan fingerprint density at radius 1 is 1.25 bits per heavy atom. The number of benzene rings is 2. The topological polar surface area (TPSA) is 66.4 Å². The van der Waals surface area contributed by atoms with Crippen LogP contribution in [0.2, 0.25) is 0 Å². The van der Waals surface area contributed by atoms with Crippen LogP contribution in [0.1, 0.15) is 17.3 Å². The second kappa shape index (κ2) is 6.05. The van der Waals surface area contributed by atoms with Crippen LogP contribution < -0.4 is 5.32 Å². The first-order valence-corrected chi connectivity index (χ1v) is 6.98. The van der Waals surface area contributed by atoms with E-state index in [-0.39, 0.29) is 12.5 Å². The molecule has 0 aliphatic carbocycles. The van der Waals surface area contributed by atoms with E-state index in [1.54, 1.807) is 13.0 Å². The Labute approximate surface area is 124 Å². The van der Waals surface area contributed by atoms with Gasteiger partial charge in [0.15, 0.2) is 0 Å². The number of rotatable bonds is 4. The second-order valence-electron chi connectivity index (χ2n) is 4.60. The standard InChI is InChI=1S/C15H14BrNO3/c1-9(15(19)20)8-17-14(18)12-7-6-10-4-2-3-5-11(10)13(12)16/h2-7,9H,8H2,1H3,(H,17,18)(H,19,20)/t9-/m0/s1. The molecule has 0 radical (unpaired) electrons. The van der Waals surface area contributed by atoms with E-state index < -0.39 is 11.9 Å². The molecular formula is C15H14BrNO3. The quantitative estimate of drug-likeness (QED) is 0.902. The molecule has 0 saturated heterocycles. The number of halogens is 1. The summed E-state index contributed by atoms with van der Waals surface area (Å²) in [7, 11) is 0. The number of aliphatic carboxylic acids is 1. The highest BCUT2D eigenvalue weighted by molar-refractivity contribution is 9.10. The summed E-state index contributed by atoms with van der Waals surface area (Å²) in [4.78, 5) is 22.8. The fourth-order valence-corrected chi connectivity index (χ4v) is 2.51. The SMILES string of the molecule is C[C@@H](CNC(=O)c1ccc2ccccc2c1Br)C(=O)O. The van der Waals surface area contributed by atoms with Crippen molar-refractivity contribution in [1.82, 2.24) is 5.32 Å². The molecule has 1 amide bonds. The van der Waals surface area contributed by atoms with Gasteiger partial charge in [-0.15, -0.1) is 0 Å². The molecule has 2 N–H and O–H groups in total. The Bertz CT molecular complexity index is 669. The third kappa shape index (κ3) is 2.99. The lowest BCUT2D eigenvalue weighted by molar-refractivity contribution is -0.140. The molecule has 2 aromatic carbocycles. The molecule has 0 fully saturated rings. The monoisotopic (exact) mass is 335 g/mol. The zero-order valence-corrected chi connectivity index (χ0v) is 12.5. The largest absolute Gasteiger partial charge is 0.481 e. The van der Waals surface area contributed by atoms with E-state index in [1.807, 2.05) is 30.3 Å². The van der Waals surface area contributed by atoms with Crippen LogP contribution in [0.25, 0.3) is 10.8 Å². The average Bonchev–Trinajstić information content (AvgIpc) is 2.45. The van der Waals surface area contributed by atoms with Crippen molar-refractivity contribution < 1.29 is 14.7 Å². The Balaban J connectivity index is 2.22. The molecule has 20 heavy (non-hydrogen) atoms. The van der Waals surface area contributed by atoms with Crippen LogP contribution in [0, 0.1) is 5.92 Å². The molecule has 2 aromatic rings. The Hall–Kier alpha value is -1.88. The fourth-order valence-electron chi connectivity index (χ4n) is 1.84. The van der Waals surface area contributed by atoms with E-state index in [9.17, 15) is 9.59 Å². The van der Waals surface area contributed by atoms with Crippen molar-refractivity contribution >= 4 is 38.6 Å². The van der Waals surface area contributed by atoms with Gasteiger partial charge < -0.3 is 10.4 Å². The number of carboxylic acids is 1. The lowest BCUT2D eigenvalue weighted by atomic mass is 10.1. The Morgan fingerprint density at radius 2 is 1.95 bits per heavy atom. The van der Waals surface area contributed by atoms with Gasteiger partial charge in [0.1, 0.15) is 0 Å². The number of fused-ring (bicyclic) bond motifs is 1. The molecule has 104 valence electrons. The molecule has 2 rings (SSSR count). The predicted octanol–water partition coefficient (Wildman–Crippen LogP) is 3.05. The van der Waals surface area contributed by atoms with Crippen molar-refractivity contribution in [3.05, 3.63) is 46.4 Å². The van der Waals surface area contributed by atoms with Crippen LogP contribution in [0.15, 0.2) is 40.9 Å². The predicted molar refractivity (Wildman–Crippen MR) is 80.8 cm³/mol. The highest BCUT2D eigenvalue weighted by Gasteiger charge is 2.15. The molecule has 0 bridgehead atoms. The van der Waals surface area contributed by atoms with Gasteiger partial charge in [0.05, 0.1) is 11.5 Å². The minimum absolute atomic E-state index is 0.105. The molecule has 0 unspecified atom stereocenters. The highest BCUT2D eigenvalue weighted by atomic mass is 79.9. The van der Waals surface area contributed by atoms with E-state index in [2.05, 4.69) is 21.2 Å². The van der Waals surface area contributed by atoms with Crippen molar-refractivity contribution in [2.24, 2.45) is 5.92 Å². The van der Waals surface area contributed by atoms with Gasteiger partial charge in [-0.3, -0.25) is 9.59 Å². The third-order valence-electron chi connectivity index (χ3n) is 3.10. The maximum absolute atomic E-state index is 12.1. The summed E-state index contributed by atoms with van der Waals surface area (Å²) in [5, 5.41) is 13.4. The molecule has 0 spiro atoms. The number of amides is 1. The minimum atomic E-state index is -0.928. The van der Waals surface area contributed by atoms with Gasteiger partial charge in [-0.25, -0.2) is 0 Å². The number of hydrogen-bond acceptors (Lipinski definition) is 2. The van der Waals surface area contributed by atoms with E-state index in [0.717, 1.165) is 15.2 Å². The van der Waals surface area contributed by atoms with E-state index in [4.69, 9.17) is 5.11 Å². The van der Waals surface area contributed by atoms with Gasteiger partial charge in [0.25, 0.3) is 5.91 Å². The summed E-state index contributed by atoms with van der Waals surface area (Å²) >= 11 is 3.44. The van der Waals surface area contributed by atoms with Crippen LogP contribution in [0.5, 0.6) is 0 Å². The number of nitrogens with one attached hydrogen (secondary N) is 1. The molecule has 4 nitrogen and oxygen atoms in total. The average molecular weight is 336 g/mol. The first-order valence-electron chi connectivity index (χ1n) is 6.19. The molecular weight excluding hydrogens is 322 g/mol. The zero-order chi connectivity index (χ0) is 14.7. The third-order valence-corrected chi connectivity index (χ3v) is 3.95. The zero-order valence-electron chi connectivity index (χ0n) is 10.9. The Kier molecular flexibility index (Phi) is 4.39. The van der Waals surface area contributed by atoms with Crippen molar-refractivity contribution in [2.75, 3.05) is 6.54 Å². The van der Waals surface area contributed by atoms with Gasteiger partial charge in [-0.05, 0) is 32.8 Å². The Morgan fingerprint density at radius 3 is 2.65 bits per heavy atom. The van der Waals surface area contributed by atoms with Crippen LogP contribution in [-0.4, -0.2) is 23.5 Å². The smallest absolute Gasteiger partial charge is 0.308 e. The summed E-state index contributed by atoms with van der Waals surface area (Å²) in [6, 6.07) is 11.3. The van der Waals surface area contributed by atoms with Crippen molar-refractivity contribution in [3.63, 3.8) is 0 Å². The van der Waals surface area contributed by atoms with Crippen molar-refractivity contribution in [3.8, 4) is 0 Å². The molecule has 1 atom stereocenters. The molecule has 0 aliphatic heterocycles. The number of carbonyl (C=O) groups is 2. The molecule has 5 heteroatoms. The minimum Gasteiger partial charge on any atom is -0.481 e. The number of hydrogen-bond donors (Lipinski definition) is 2. The van der Waals surface area contributed by atoms with Gasteiger partial charge in [-0.2, -0.15) is 0 Å². The maximum Gasteiger partial charge on any atom is 0.308 e. The van der Waals surface area contributed by atoms with E-state index >= 15 is 0 Å². The number of carboxylic acid groups (broad SMARTS) is 1. The summed E-state index contributed by atoms with van der Waals surface area (Å²) < 4.78 is 0.719. The van der Waals surface area contributed by atoms with Crippen LogP contribution in [0.4, 0.5) is 0 Å².